The quantitative estimate of drug-likeness (QED) is 0.832. The van der Waals surface area contributed by atoms with Crippen molar-refractivity contribution in [1.82, 2.24) is 9.55 Å². The van der Waals surface area contributed by atoms with Crippen LogP contribution in [0.15, 0.2) is 36.7 Å². The summed E-state index contributed by atoms with van der Waals surface area (Å²) < 4.78 is 14.5. The third kappa shape index (κ3) is 2.34. The van der Waals surface area contributed by atoms with Crippen molar-refractivity contribution >= 4 is 5.95 Å². The second-order valence-electron chi connectivity index (χ2n) is 3.34. The van der Waals surface area contributed by atoms with Crippen molar-refractivity contribution in [2.24, 2.45) is 7.05 Å². The molecule has 0 fully saturated rings. The Morgan fingerprint density at radius 3 is 2.67 bits per heavy atom. The lowest BCUT2D eigenvalue weighted by Crippen LogP contribution is -2.04. The van der Waals surface area contributed by atoms with Crippen molar-refractivity contribution in [1.29, 1.82) is 0 Å². The molecule has 15 heavy (non-hydrogen) atoms. The summed E-state index contributed by atoms with van der Waals surface area (Å²) in [4.78, 5) is 4.13. The van der Waals surface area contributed by atoms with Gasteiger partial charge in [0, 0.05) is 26.0 Å². The van der Waals surface area contributed by atoms with Gasteiger partial charge in [0.1, 0.15) is 5.82 Å². The monoisotopic (exact) mass is 205 g/mol. The molecular formula is C11H12FN3. The smallest absolute Gasteiger partial charge is 0.202 e. The van der Waals surface area contributed by atoms with Crippen LogP contribution >= 0.6 is 0 Å². The van der Waals surface area contributed by atoms with Crippen LogP contribution in [-0.2, 0) is 13.6 Å². The Hall–Kier alpha value is -1.84. The number of anilines is 1. The summed E-state index contributed by atoms with van der Waals surface area (Å²) in [6, 6.07) is 6.42. The number of aromatic nitrogens is 2. The molecule has 0 unspecified atom stereocenters. The molecule has 0 aliphatic carbocycles. The van der Waals surface area contributed by atoms with Crippen molar-refractivity contribution in [3.8, 4) is 0 Å². The van der Waals surface area contributed by atoms with Crippen LogP contribution in [0.5, 0.6) is 0 Å². The highest BCUT2D eigenvalue weighted by atomic mass is 19.1. The minimum atomic E-state index is -0.212. The molecule has 0 atom stereocenters. The number of rotatable bonds is 3. The highest BCUT2D eigenvalue weighted by molar-refractivity contribution is 5.28. The molecule has 1 N–H and O–H groups in total. The maximum absolute atomic E-state index is 12.6. The van der Waals surface area contributed by atoms with E-state index < -0.39 is 0 Å². The Kier molecular flexibility index (Phi) is 2.67. The molecule has 1 aromatic carbocycles. The number of hydrogen-bond acceptors (Lipinski definition) is 2. The fraction of sp³-hybridized carbons (Fsp3) is 0.182. The van der Waals surface area contributed by atoms with Crippen LogP contribution in [0.3, 0.4) is 0 Å². The van der Waals surface area contributed by atoms with Crippen molar-refractivity contribution in [2.45, 2.75) is 6.54 Å². The molecule has 1 aromatic heterocycles. The molecule has 2 aromatic rings. The Labute approximate surface area is 87.6 Å². The fourth-order valence-electron chi connectivity index (χ4n) is 1.32. The van der Waals surface area contributed by atoms with Crippen molar-refractivity contribution < 1.29 is 4.39 Å². The molecule has 0 aliphatic heterocycles. The van der Waals surface area contributed by atoms with E-state index >= 15 is 0 Å². The van der Waals surface area contributed by atoms with Crippen LogP contribution in [0.1, 0.15) is 5.56 Å². The Bertz CT molecular complexity index is 433. The molecule has 0 amide bonds. The first-order chi connectivity index (χ1) is 7.25. The maximum atomic E-state index is 12.6. The zero-order valence-corrected chi connectivity index (χ0v) is 8.44. The molecule has 0 spiro atoms. The fourth-order valence-corrected chi connectivity index (χ4v) is 1.32. The van der Waals surface area contributed by atoms with E-state index in [1.807, 2.05) is 17.8 Å². The number of hydrogen-bond donors (Lipinski definition) is 1. The summed E-state index contributed by atoms with van der Waals surface area (Å²) in [5, 5.41) is 3.16. The SMILES string of the molecule is Cn1ccnc1NCc1ccc(F)cc1. The van der Waals surface area contributed by atoms with Crippen LogP contribution in [-0.4, -0.2) is 9.55 Å². The van der Waals surface area contributed by atoms with Gasteiger partial charge in [0.2, 0.25) is 5.95 Å². The van der Waals surface area contributed by atoms with Gasteiger partial charge in [-0.25, -0.2) is 9.37 Å². The first kappa shape index (κ1) is 9.71. The van der Waals surface area contributed by atoms with Gasteiger partial charge >= 0.3 is 0 Å². The van der Waals surface area contributed by atoms with Crippen LogP contribution in [0.25, 0.3) is 0 Å². The Morgan fingerprint density at radius 2 is 2.07 bits per heavy atom. The minimum Gasteiger partial charge on any atom is -0.352 e. The molecule has 3 nitrogen and oxygen atoms in total. The van der Waals surface area contributed by atoms with E-state index in [-0.39, 0.29) is 5.82 Å². The van der Waals surface area contributed by atoms with Gasteiger partial charge < -0.3 is 9.88 Å². The summed E-state index contributed by atoms with van der Waals surface area (Å²) in [7, 11) is 1.92. The van der Waals surface area contributed by atoms with Gasteiger partial charge in [0.15, 0.2) is 0 Å². The predicted molar refractivity (Wildman–Crippen MR) is 56.9 cm³/mol. The molecule has 0 aliphatic rings. The van der Waals surface area contributed by atoms with Gasteiger partial charge in [-0.3, -0.25) is 0 Å². The average Bonchev–Trinajstić information content (AvgIpc) is 2.63. The van der Waals surface area contributed by atoms with Gasteiger partial charge in [-0.15, -0.1) is 0 Å². The third-order valence-electron chi connectivity index (χ3n) is 2.19. The van der Waals surface area contributed by atoms with Crippen molar-refractivity contribution in [2.75, 3.05) is 5.32 Å². The van der Waals surface area contributed by atoms with Gasteiger partial charge in [-0.05, 0) is 17.7 Å². The lowest BCUT2D eigenvalue weighted by molar-refractivity contribution is 0.627. The van der Waals surface area contributed by atoms with Crippen LogP contribution < -0.4 is 5.32 Å². The summed E-state index contributed by atoms with van der Waals surface area (Å²) in [6.45, 7) is 0.644. The van der Waals surface area contributed by atoms with E-state index in [2.05, 4.69) is 10.3 Å². The summed E-state index contributed by atoms with van der Waals surface area (Å²) in [5.74, 6) is 0.593. The number of aryl methyl sites for hydroxylation is 1. The molecule has 0 bridgehead atoms. The maximum Gasteiger partial charge on any atom is 0.202 e. The molecule has 78 valence electrons. The number of nitrogens with zero attached hydrogens (tertiary/aromatic N) is 2. The zero-order chi connectivity index (χ0) is 10.7. The van der Waals surface area contributed by atoms with E-state index in [9.17, 15) is 4.39 Å². The van der Waals surface area contributed by atoms with Crippen LogP contribution in [0.2, 0.25) is 0 Å². The lowest BCUT2D eigenvalue weighted by atomic mass is 10.2. The third-order valence-corrected chi connectivity index (χ3v) is 2.19. The lowest BCUT2D eigenvalue weighted by Gasteiger charge is -2.05. The second kappa shape index (κ2) is 4.13. The number of halogens is 1. The number of benzene rings is 1. The molecule has 1 heterocycles. The van der Waals surface area contributed by atoms with E-state index in [1.165, 1.54) is 12.1 Å². The minimum absolute atomic E-state index is 0.212. The molecular weight excluding hydrogens is 193 g/mol. The highest BCUT2D eigenvalue weighted by Crippen LogP contribution is 2.06. The first-order valence-corrected chi connectivity index (χ1v) is 4.71. The van der Waals surface area contributed by atoms with E-state index in [1.54, 1.807) is 18.3 Å². The Balaban J connectivity index is 1.99. The van der Waals surface area contributed by atoms with E-state index in [0.29, 0.717) is 6.54 Å². The molecule has 0 saturated heterocycles. The second-order valence-corrected chi connectivity index (χ2v) is 3.34. The van der Waals surface area contributed by atoms with Crippen molar-refractivity contribution in [3.05, 3.63) is 48.0 Å². The number of nitrogens with one attached hydrogen (secondary N) is 1. The summed E-state index contributed by atoms with van der Waals surface area (Å²) in [5.41, 5.74) is 1.03. The molecule has 0 saturated carbocycles. The number of imidazole rings is 1. The zero-order valence-electron chi connectivity index (χ0n) is 8.44. The predicted octanol–water partition coefficient (Wildman–Crippen LogP) is 2.17. The van der Waals surface area contributed by atoms with E-state index in [4.69, 9.17) is 0 Å². The van der Waals surface area contributed by atoms with Crippen molar-refractivity contribution in [3.63, 3.8) is 0 Å². The topological polar surface area (TPSA) is 29.9 Å². The standard InChI is InChI=1S/C11H12FN3/c1-15-7-6-13-11(15)14-8-9-2-4-10(12)5-3-9/h2-7H,8H2,1H3,(H,13,14). The largest absolute Gasteiger partial charge is 0.352 e. The van der Waals surface area contributed by atoms with Gasteiger partial charge in [-0.2, -0.15) is 0 Å². The van der Waals surface area contributed by atoms with Gasteiger partial charge in [-0.1, -0.05) is 12.1 Å². The summed E-state index contributed by atoms with van der Waals surface area (Å²) >= 11 is 0. The molecule has 4 heteroatoms. The highest BCUT2D eigenvalue weighted by Gasteiger charge is 1.98. The van der Waals surface area contributed by atoms with Crippen LogP contribution in [0.4, 0.5) is 10.3 Å². The van der Waals surface area contributed by atoms with Gasteiger partial charge in [0.25, 0.3) is 0 Å². The van der Waals surface area contributed by atoms with E-state index in [0.717, 1.165) is 11.5 Å². The molecule has 2 rings (SSSR count). The van der Waals surface area contributed by atoms with Crippen LogP contribution in [0, 0.1) is 5.82 Å². The molecule has 0 radical (unpaired) electrons. The Morgan fingerprint density at radius 1 is 1.33 bits per heavy atom. The normalized spacial score (nSPS) is 10.3. The first-order valence-electron chi connectivity index (χ1n) is 4.71. The summed E-state index contributed by atoms with van der Waals surface area (Å²) in [6.07, 6.45) is 3.60. The van der Waals surface area contributed by atoms with Gasteiger partial charge in [0.05, 0.1) is 0 Å². The average molecular weight is 205 g/mol.